The SMILES string of the molecule is CCCCNC(=O)C(C)N(Cc1ccc(F)cc1)C(=O)CN(c1cccc(Cl)c1C)S(=O)(=O)c1ccc(C)cc1. The largest absolute Gasteiger partial charge is 0.354 e. The molecule has 0 aliphatic rings. The fraction of sp³-hybridized carbons (Fsp3) is 0.333. The van der Waals surface area contributed by atoms with Gasteiger partial charge in [-0.2, -0.15) is 0 Å². The molecule has 214 valence electrons. The number of anilines is 1. The van der Waals surface area contributed by atoms with E-state index in [1.807, 2.05) is 13.8 Å². The number of halogens is 2. The van der Waals surface area contributed by atoms with E-state index in [1.165, 1.54) is 41.3 Å². The van der Waals surface area contributed by atoms with Gasteiger partial charge < -0.3 is 10.2 Å². The average molecular weight is 588 g/mol. The number of nitrogens with zero attached hydrogens (tertiary/aromatic N) is 2. The van der Waals surface area contributed by atoms with Crippen molar-refractivity contribution >= 4 is 39.1 Å². The number of amides is 2. The van der Waals surface area contributed by atoms with E-state index in [2.05, 4.69) is 5.32 Å². The fourth-order valence-electron chi connectivity index (χ4n) is 4.12. The van der Waals surface area contributed by atoms with Crippen molar-refractivity contribution < 1.29 is 22.4 Å². The lowest BCUT2D eigenvalue weighted by molar-refractivity contribution is -0.139. The Morgan fingerprint density at radius 1 is 1.00 bits per heavy atom. The molecule has 1 atom stereocenters. The second kappa shape index (κ2) is 13.8. The number of aryl methyl sites for hydroxylation is 1. The first-order valence-corrected chi connectivity index (χ1v) is 14.9. The number of hydrogen-bond donors (Lipinski definition) is 1. The van der Waals surface area contributed by atoms with Gasteiger partial charge in [-0.05, 0) is 74.7 Å². The average Bonchev–Trinajstić information content (AvgIpc) is 2.93. The van der Waals surface area contributed by atoms with Crippen LogP contribution < -0.4 is 9.62 Å². The Hall–Kier alpha value is -3.43. The number of benzene rings is 3. The van der Waals surface area contributed by atoms with E-state index in [0.717, 1.165) is 22.7 Å². The van der Waals surface area contributed by atoms with Gasteiger partial charge in [0.25, 0.3) is 10.0 Å². The molecule has 3 aromatic carbocycles. The van der Waals surface area contributed by atoms with E-state index in [1.54, 1.807) is 44.2 Å². The van der Waals surface area contributed by atoms with Gasteiger partial charge in [0, 0.05) is 18.1 Å². The lowest BCUT2D eigenvalue weighted by Gasteiger charge is -2.32. The molecule has 0 saturated carbocycles. The first-order chi connectivity index (χ1) is 18.9. The minimum atomic E-state index is -4.20. The summed E-state index contributed by atoms with van der Waals surface area (Å²) in [6, 6.07) is 15.9. The highest BCUT2D eigenvalue weighted by molar-refractivity contribution is 7.92. The van der Waals surface area contributed by atoms with Crippen molar-refractivity contribution in [2.75, 3.05) is 17.4 Å². The molecule has 10 heteroatoms. The molecular formula is C30H35ClFN3O4S. The maximum Gasteiger partial charge on any atom is 0.264 e. The molecule has 2 amide bonds. The summed E-state index contributed by atoms with van der Waals surface area (Å²) in [5.74, 6) is -1.40. The molecule has 0 saturated heterocycles. The number of rotatable bonds is 12. The maximum atomic E-state index is 13.9. The normalized spacial score (nSPS) is 12.1. The monoisotopic (exact) mass is 587 g/mol. The Balaban J connectivity index is 2.04. The Morgan fingerprint density at radius 2 is 1.65 bits per heavy atom. The van der Waals surface area contributed by atoms with Crippen molar-refractivity contribution in [3.63, 3.8) is 0 Å². The molecule has 0 radical (unpaired) electrons. The van der Waals surface area contributed by atoms with Gasteiger partial charge in [-0.3, -0.25) is 13.9 Å². The van der Waals surface area contributed by atoms with Crippen LogP contribution in [0, 0.1) is 19.7 Å². The van der Waals surface area contributed by atoms with Gasteiger partial charge in [-0.1, -0.05) is 60.8 Å². The molecule has 0 heterocycles. The molecule has 1 unspecified atom stereocenters. The minimum absolute atomic E-state index is 0.0146. The predicted molar refractivity (Wildman–Crippen MR) is 156 cm³/mol. The van der Waals surface area contributed by atoms with Crippen LogP contribution in [-0.4, -0.2) is 44.3 Å². The highest BCUT2D eigenvalue weighted by Gasteiger charge is 2.33. The molecule has 0 bridgehead atoms. The molecule has 3 aromatic rings. The van der Waals surface area contributed by atoms with Gasteiger partial charge in [-0.15, -0.1) is 0 Å². The van der Waals surface area contributed by atoms with E-state index < -0.39 is 34.3 Å². The van der Waals surface area contributed by atoms with Crippen molar-refractivity contribution in [3.8, 4) is 0 Å². The maximum absolute atomic E-state index is 13.9. The van der Waals surface area contributed by atoms with Gasteiger partial charge in [0.2, 0.25) is 11.8 Å². The van der Waals surface area contributed by atoms with Crippen molar-refractivity contribution in [3.05, 3.63) is 94.3 Å². The lowest BCUT2D eigenvalue weighted by atomic mass is 10.1. The Morgan fingerprint density at radius 3 is 2.27 bits per heavy atom. The highest BCUT2D eigenvalue weighted by Crippen LogP contribution is 2.31. The van der Waals surface area contributed by atoms with Crippen molar-refractivity contribution in [2.24, 2.45) is 0 Å². The van der Waals surface area contributed by atoms with Crippen LogP contribution in [0.15, 0.2) is 71.6 Å². The van der Waals surface area contributed by atoms with E-state index in [-0.39, 0.29) is 23.0 Å². The van der Waals surface area contributed by atoms with Gasteiger partial charge in [0.1, 0.15) is 18.4 Å². The molecule has 40 heavy (non-hydrogen) atoms. The zero-order chi connectivity index (χ0) is 29.4. The topological polar surface area (TPSA) is 86.8 Å². The smallest absolute Gasteiger partial charge is 0.264 e. The third kappa shape index (κ3) is 7.61. The van der Waals surface area contributed by atoms with Crippen LogP contribution in [0.2, 0.25) is 5.02 Å². The minimum Gasteiger partial charge on any atom is -0.354 e. The van der Waals surface area contributed by atoms with Crippen LogP contribution in [0.5, 0.6) is 0 Å². The number of unbranched alkanes of at least 4 members (excludes halogenated alkanes) is 1. The van der Waals surface area contributed by atoms with E-state index >= 15 is 0 Å². The molecule has 0 aliphatic carbocycles. The lowest BCUT2D eigenvalue weighted by Crippen LogP contribution is -2.51. The van der Waals surface area contributed by atoms with Crippen LogP contribution >= 0.6 is 11.6 Å². The van der Waals surface area contributed by atoms with Crippen LogP contribution in [0.25, 0.3) is 0 Å². The van der Waals surface area contributed by atoms with E-state index in [0.29, 0.717) is 22.7 Å². The molecule has 1 N–H and O–H groups in total. The van der Waals surface area contributed by atoms with Crippen LogP contribution in [-0.2, 0) is 26.2 Å². The van der Waals surface area contributed by atoms with Crippen LogP contribution in [0.4, 0.5) is 10.1 Å². The number of carbonyl (C=O) groups is 2. The summed E-state index contributed by atoms with van der Waals surface area (Å²) in [5.41, 5.74) is 2.22. The molecule has 0 aromatic heterocycles. The zero-order valence-electron chi connectivity index (χ0n) is 23.2. The Bertz CT molecular complexity index is 1430. The first kappa shape index (κ1) is 31.1. The van der Waals surface area contributed by atoms with Crippen molar-refractivity contribution in [2.45, 2.75) is 58.0 Å². The fourth-order valence-corrected chi connectivity index (χ4v) is 5.76. The number of hydrogen-bond acceptors (Lipinski definition) is 4. The van der Waals surface area contributed by atoms with Gasteiger partial charge in [0.05, 0.1) is 10.6 Å². The van der Waals surface area contributed by atoms with Gasteiger partial charge >= 0.3 is 0 Å². The molecule has 3 rings (SSSR count). The second-order valence-electron chi connectivity index (χ2n) is 9.68. The third-order valence-corrected chi connectivity index (χ3v) is 8.84. The molecular weight excluding hydrogens is 553 g/mol. The number of sulfonamides is 1. The Kier molecular flexibility index (Phi) is 10.7. The summed E-state index contributed by atoms with van der Waals surface area (Å²) in [4.78, 5) is 28.3. The standard InChI is InChI=1S/C30H35ClFN3O4S/c1-5-6-18-33-30(37)23(4)34(19-24-12-14-25(32)15-13-24)29(36)20-35(28-9-7-8-27(31)22(28)3)40(38,39)26-16-10-21(2)11-17-26/h7-17,23H,5-6,18-20H2,1-4H3,(H,33,37). The van der Waals surface area contributed by atoms with Crippen LogP contribution in [0.3, 0.4) is 0 Å². The van der Waals surface area contributed by atoms with E-state index in [9.17, 15) is 22.4 Å². The summed E-state index contributed by atoms with van der Waals surface area (Å²) < 4.78 is 42.5. The first-order valence-electron chi connectivity index (χ1n) is 13.1. The van der Waals surface area contributed by atoms with E-state index in [4.69, 9.17) is 11.6 Å². The highest BCUT2D eigenvalue weighted by atomic mass is 35.5. The summed E-state index contributed by atoms with van der Waals surface area (Å²) in [6.45, 7) is 6.97. The molecule has 7 nitrogen and oxygen atoms in total. The number of nitrogens with one attached hydrogen (secondary N) is 1. The second-order valence-corrected chi connectivity index (χ2v) is 11.9. The molecule has 0 aliphatic heterocycles. The zero-order valence-corrected chi connectivity index (χ0v) is 24.7. The summed E-state index contributed by atoms with van der Waals surface area (Å²) >= 11 is 6.35. The van der Waals surface area contributed by atoms with Gasteiger partial charge in [-0.25, -0.2) is 12.8 Å². The van der Waals surface area contributed by atoms with Gasteiger partial charge in [0.15, 0.2) is 0 Å². The Labute approximate surface area is 241 Å². The predicted octanol–water partition coefficient (Wildman–Crippen LogP) is 5.62. The number of carbonyl (C=O) groups excluding carboxylic acids is 2. The third-order valence-electron chi connectivity index (χ3n) is 6.66. The quantitative estimate of drug-likeness (QED) is 0.279. The van der Waals surface area contributed by atoms with Crippen LogP contribution in [0.1, 0.15) is 43.4 Å². The molecule has 0 fully saturated rings. The molecule has 0 spiro atoms. The van der Waals surface area contributed by atoms with Crippen molar-refractivity contribution in [1.29, 1.82) is 0 Å². The summed E-state index contributed by atoms with van der Waals surface area (Å²) in [7, 11) is -4.20. The summed E-state index contributed by atoms with van der Waals surface area (Å²) in [6.07, 6.45) is 1.67. The van der Waals surface area contributed by atoms with Crippen molar-refractivity contribution in [1.82, 2.24) is 10.2 Å². The summed E-state index contributed by atoms with van der Waals surface area (Å²) in [5, 5.41) is 3.18.